The SMILES string of the molecule is CC(C)(C)C1CCCN1.CC(C)(C)C1CCNC1.CC(C)(C)c1ccccn1.CC(C)(C)c1cccnc1. The van der Waals surface area contributed by atoms with E-state index in [0.717, 1.165) is 17.7 Å². The van der Waals surface area contributed by atoms with Crippen LogP contribution >= 0.6 is 0 Å². The predicted octanol–water partition coefficient (Wildman–Crippen LogP) is 8.18. The summed E-state index contributed by atoms with van der Waals surface area (Å²) in [5.41, 5.74) is 3.83. The maximum atomic E-state index is 4.25. The molecular weight excluding hydrogens is 464 g/mol. The number of hydrogen-bond acceptors (Lipinski definition) is 4. The van der Waals surface area contributed by atoms with Crippen molar-refractivity contribution in [2.75, 3.05) is 19.6 Å². The van der Waals surface area contributed by atoms with Crippen molar-refractivity contribution in [2.45, 2.75) is 119 Å². The van der Waals surface area contributed by atoms with Crippen molar-refractivity contribution in [2.24, 2.45) is 16.7 Å². The molecule has 2 aliphatic rings. The standard InChI is InChI=1S/2C9H13N.2C8H17N/c1-9(2,3)8-5-4-6-10-7-8;1-9(2,3)8-6-4-5-7-10-8;1-8(2,3)7-4-5-9-6-7;1-8(2,3)7-5-4-6-9-7/h2*4-7H,1-3H3;2*7,9H,4-6H2,1-3H3. The number of aromatic nitrogens is 2. The molecule has 2 aromatic heterocycles. The topological polar surface area (TPSA) is 49.8 Å². The molecule has 38 heavy (non-hydrogen) atoms. The van der Waals surface area contributed by atoms with Crippen LogP contribution in [0, 0.1) is 16.7 Å². The summed E-state index contributed by atoms with van der Waals surface area (Å²) in [7, 11) is 0. The van der Waals surface area contributed by atoms with E-state index in [9.17, 15) is 0 Å². The van der Waals surface area contributed by atoms with Gasteiger partial charge in [0.1, 0.15) is 0 Å². The summed E-state index contributed by atoms with van der Waals surface area (Å²) in [5, 5.41) is 6.88. The molecule has 4 nitrogen and oxygen atoms in total. The number of hydrogen-bond donors (Lipinski definition) is 2. The minimum Gasteiger partial charge on any atom is -0.316 e. The highest BCUT2D eigenvalue weighted by Gasteiger charge is 2.27. The van der Waals surface area contributed by atoms with Crippen molar-refractivity contribution < 1.29 is 0 Å². The van der Waals surface area contributed by atoms with Crippen molar-refractivity contribution in [1.82, 2.24) is 20.6 Å². The Hall–Kier alpha value is -1.78. The van der Waals surface area contributed by atoms with E-state index >= 15 is 0 Å². The van der Waals surface area contributed by atoms with Crippen LogP contribution in [-0.4, -0.2) is 35.6 Å². The van der Waals surface area contributed by atoms with Crippen LogP contribution in [0.5, 0.6) is 0 Å². The summed E-state index contributed by atoms with van der Waals surface area (Å²) in [6, 6.07) is 10.9. The second kappa shape index (κ2) is 15.1. The smallest absolute Gasteiger partial charge is 0.0457 e. The molecule has 2 N–H and O–H groups in total. The highest BCUT2D eigenvalue weighted by atomic mass is 14.9. The maximum absolute atomic E-state index is 4.25. The largest absolute Gasteiger partial charge is 0.316 e. The molecule has 0 bridgehead atoms. The van der Waals surface area contributed by atoms with Crippen LogP contribution < -0.4 is 10.6 Å². The van der Waals surface area contributed by atoms with E-state index < -0.39 is 0 Å². The Morgan fingerprint density at radius 2 is 1.39 bits per heavy atom. The quantitative estimate of drug-likeness (QED) is 0.365. The monoisotopic (exact) mass is 524 g/mol. The fourth-order valence-electron chi connectivity index (χ4n) is 4.43. The molecule has 0 amide bonds. The second-order valence-electron chi connectivity index (χ2n) is 15.0. The van der Waals surface area contributed by atoms with E-state index in [-0.39, 0.29) is 10.8 Å². The normalized spacial score (nSPS) is 19.8. The van der Waals surface area contributed by atoms with E-state index in [2.05, 4.69) is 116 Å². The van der Waals surface area contributed by atoms with E-state index in [1.807, 2.05) is 30.6 Å². The first-order valence-electron chi connectivity index (χ1n) is 14.7. The Bertz CT molecular complexity index is 778. The van der Waals surface area contributed by atoms with E-state index in [4.69, 9.17) is 0 Å². The molecule has 0 aliphatic carbocycles. The third-order valence-electron chi connectivity index (χ3n) is 7.35. The van der Waals surface area contributed by atoms with Gasteiger partial charge >= 0.3 is 0 Å². The van der Waals surface area contributed by atoms with Gasteiger partial charge in [-0.1, -0.05) is 95.2 Å². The Labute approximate surface area is 236 Å². The lowest BCUT2D eigenvalue weighted by Gasteiger charge is -2.26. The van der Waals surface area contributed by atoms with E-state index in [1.165, 1.54) is 44.5 Å². The predicted molar refractivity (Wildman–Crippen MR) is 167 cm³/mol. The van der Waals surface area contributed by atoms with Crippen molar-refractivity contribution in [3.05, 3.63) is 60.2 Å². The molecule has 0 saturated carbocycles. The fraction of sp³-hybridized carbons (Fsp3) is 0.706. The molecule has 2 fully saturated rings. The van der Waals surface area contributed by atoms with Crippen molar-refractivity contribution >= 4 is 0 Å². The van der Waals surface area contributed by atoms with Gasteiger partial charge in [0.15, 0.2) is 0 Å². The molecule has 4 rings (SSSR count). The third kappa shape index (κ3) is 13.8. The molecule has 4 heteroatoms. The first-order valence-corrected chi connectivity index (χ1v) is 14.7. The zero-order valence-electron chi connectivity index (χ0n) is 26.9. The minimum absolute atomic E-state index is 0.182. The fourth-order valence-corrected chi connectivity index (χ4v) is 4.43. The van der Waals surface area contributed by atoms with Gasteiger partial charge in [0.05, 0.1) is 0 Å². The number of nitrogens with one attached hydrogen (secondary N) is 2. The Balaban J connectivity index is 0.000000254. The highest BCUT2D eigenvalue weighted by molar-refractivity contribution is 5.17. The first-order chi connectivity index (χ1) is 17.4. The lowest BCUT2D eigenvalue weighted by Crippen LogP contribution is -2.34. The number of rotatable bonds is 0. The number of pyridine rings is 2. The third-order valence-corrected chi connectivity index (χ3v) is 7.35. The molecule has 216 valence electrons. The zero-order chi connectivity index (χ0) is 29.0. The van der Waals surface area contributed by atoms with Crippen molar-refractivity contribution in [3.8, 4) is 0 Å². The molecule has 0 spiro atoms. The number of nitrogens with zero attached hydrogens (tertiary/aromatic N) is 2. The summed E-state index contributed by atoms with van der Waals surface area (Å²) in [4.78, 5) is 8.30. The van der Waals surface area contributed by atoms with Gasteiger partial charge in [-0.25, -0.2) is 0 Å². The summed E-state index contributed by atoms with van der Waals surface area (Å²) in [5.74, 6) is 0.900. The molecule has 2 saturated heterocycles. The van der Waals surface area contributed by atoms with Crippen LogP contribution in [0.2, 0.25) is 0 Å². The summed E-state index contributed by atoms with van der Waals surface area (Å²) < 4.78 is 0. The minimum atomic E-state index is 0.182. The molecule has 0 aromatic carbocycles. The molecule has 2 atom stereocenters. The Morgan fingerprint density at radius 3 is 1.66 bits per heavy atom. The van der Waals surface area contributed by atoms with Crippen LogP contribution in [0.15, 0.2) is 48.9 Å². The highest BCUT2D eigenvalue weighted by Crippen LogP contribution is 2.30. The Morgan fingerprint density at radius 1 is 0.711 bits per heavy atom. The maximum Gasteiger partial charge on any atom is 0.0457 e. The molecule has 2 unspecified atom stereocenters. The van der Waals surface area contributed by atoms with Crippen LogP contribution in [-0.2, 0) is 10.8 Å². The van der Waals surface area contributed by atoms with Gasteiger partial charge in [-0.3, -0.25) is 9.97 Å². The second-order valence-corrected chi connectivity index (χ2v) is 15.0. The summed E-state index contributed by atoms with van der Waals surface area (Å²) >= 11 is 0. The van der Waals surface area contributed by atoms with Gasteiger partial charge in [0.25, 0.3) is 0 Å². The van der Waals surface area contributed by atoms with Gasteiger partial charge < -0.3 is 10.6 Å². The van der Waals surface area contributed by atoms with E-state index in [0.29, 0.717) is 10.8 Å². The molecule has 2 aliphatic heterocycles. The average molecular weight is 525 g/mol. The van der Waals surface area contributed by atoms with Crippen LogP contribution in [0.1, 0.15) is 114 Å². The molecule has 2 aromatic rings. The van der Waals surface area contributed by atoms with Gasteiger partial charge in [-0.05, 0) is 84.8 Å². The zero-order valence-corrected chi connectivity index (χ0v) is 26.9. The van der Waals surface area contributed by atoms with Crippen LogP contribution in [0.4, 0.5) is 0 Å². The van der Waals surface area contributed by atoms with Crippen LogP contribution in [0.25, 0.3) is 0 Å². The van der Waals surface area contributed by atoms with E-state index in [1.54, 1.807) is 6.20 Å². The lowest BCUT2D eigenvalue weighted by molar-refractivity contribution is 0.261. The van der Waals surface area contributed by atoms with Gasteiger partial charge in [0, 0.05) is 35.7 Å². The van der Waals surface area contributed by atoms with Crippen molar-refractivity contribution in [1.29, 1.82) is 0 Å². The Kier molecular flexibility index (Phi) is 13.6. The summed E-state index contributed by atoms with van der Waals surface area (Å²) in [6.45, 7) is 30.6. The van der Waals surface area contributed by atoms with Gasteiger partial charge in [-0.2, -0.15) is 0 Å². The summed E-state index contributed by atoms with van der Waals surface area (Å²) in [6.07, 6.45) is 9.64. The molecular formula is C34H60N4. The molecule has 0 radical (unpaired) electrons. The lowest BCUT2D eigenvalue weighted by atomic mass is 9.80. The first kappa shape index (κ1) is 34.2. The van der Waals surface area contributed by atoms with Crippen LogP contribution in [0.3, 0.4) is 0 Å². The molecule has 4 heterocycles. The van der Waals surface area contributed by atoms with Crippen molar-refractivity contribution in [3.63, 3.8) is 0 Å². The average Bonchev–Trinajstić information content (AvgIpc) is 3.55. The van der Waals surface area contributed by atoms with Gasteiger partial charge in [0.2, 0.25) is 0 Å². The van der Waals surface area contributed by atoms with Gasteiger partial charge in [-0.15, -0.1) is 0 Å².